The third kappa shape index (κ3) is 5.13. The van der Waals surface area contributed by atoms with Gasteiger partial charge in [0.15, 0.2) is 5.16 Å². The molecule has 0 amide bonds. The molecule has 0 aliphatic rings. The number of hydrogen-bond acceptors (Lipinski definition) is 7. The molecule has 0 unspecified atom stereocenters. The molecule has 0 saturated heterocycles. The molecule has 2 rings (SSSR count). The molecule has 0 aliphatic carbocycles. The first-order chi connectivity index (χ1) is 10.2. The fraction of sp³-hybridized carbons (Fsp3) is 0.538. The van der Waals surface area contributed by atoms with Gasteiger partial charge < -0.3 is 10.3 Å². The maximum absolute atomic E-state index is 11.6. The van der Waals surface area contributed by atoms with Crippen LogP contribution in [0.3, 0.4) is 0 Å². The zero-order valence-electron chi connectivity index (χ0n) is 12.2. The van der Waals surface area contributed by atoms with Gasteiger partial charge in [0.05, 0.1) is 5.75 Å². The Bertz CT molecular complexity index is 625. The first-order valence-corrected chi connectivity index (χ1v) is 8.80. The Morgan fingerprint density at radius 1 is 1.33 bits per heavy atom. The number of thioether (sulfide) groups is 1. The molecule has 114 valence electrons. The molecule has 2 N–H and O–H groups in total. The summed E-state index contributed by atoms with van der Waals surface area (Å²) < 4.78 is 0. The first-order valence-electron chi connectivity index (χ1n) is 7.00. The van der Waals surface area contributed by atoms with Gasteiger partial charge in [0.25, 0.3) is 5.56 Å². The molecule has 8 heteroatoms. The number of H-pyrrole nitrogens is 1. The van der Waals surface area contributed by atoms with Crippen molar-refractivity contribution in [2.75, 3.05) is 11.9 Å². The average Bonchev–Trinajstić information content (AvgIpc) is 2.91. The summed E-state index contributed by atoms with van der Waals surface area (Å²) in [7, 11) is 0. The fourth-order valence-electron chi connectivity index (χ4n) is 1.68. The van der Waals surface area contributed by atoms with Crippen molar-refractivity contribution in [1.29, 1.82) is 0 Å². The lowest BCUT2D eigenvalue weighted by Crippen LogP contribution is -2.09. The minimum Gasteiger partial charge on any atom is -0.360 e. The van der Waals surface area contributed by atoms with Crippen molar-refractivity contribution in [2.45, 2.75) is 44.0 Å². The van der Waals surface area contributed by atoms with Crippen molar-refractivity contribution >= 4 is 28.2 Å². The van der Waals surface area contributed by atoms with Gasteiger partial charge in [0, 0.05) is 18.3 Å². The standard InChI is InChI=1S/C13H19N5OS2/c1-3-5-9-7-10(19)16-13(15-9)20-8-11-17-18-12(21-11)14-6-4-2/h7H,3-6,8H2,1-2H3,(H,14,18)(H,15,16,19). The summed E-state index contributed by atoms with van der Waals surface area (Å²) in [6, 6.07) is 1.56. The summed E-state index contributed by atoms with van der Waals surface area (Å²) in [6.07, 6.45) is 2.85. The van der Waals surface area contributed by atoms with E-state index in [0.29, 0.717) is 10.9 Å². The van der Waals surface area contributed by atoms with Gasteiger partial charge in [-0.3, -0.25) is 4.79 Å². The van der Waals surface area contributed by atoms with E-state index in [0.717, 1.165) is 41.6 Å². The monoisotopic (exact) mass is 325 g/mol. The van der Waals surface area contributed by atoms with Gasteiger partial charge in [0.2, 0.25) is 5.13 Å². The predicted octanol–water partition coefficient (Wildman–Crippen LogP) is 2.69. The van der Waals surface area contributed by atoms with E-state index >= 15 is 0 Å². The second kappa shape index (κ2) is 8.14. The summed E-state index contributed by atoms with van der Waals surface area (Å²) in [4.78, 5) is 18.8. The number of rotatable bonds is 8. The first kappa shape index (κ1) is 16.0. The third-order valence-corrected chi connectivity index (χ3v) is 4.55. The van der Waals surface area contributed by atoms with Crippen LogP contribution in [-0.2, 0) is 12.2 Å². The smallest absolute Gasteiger partial charge is 0.251 e. The Morgan fingerprint density at radius 3 is 2.95 bits per heavy atom. The molecule has 0 aliphatic heterocycles. The van der Waals surface area contributed by atoms with Crippen molar-refractivity contribution in [2.24, 2.45) is 0 Å². The fourth-order valence-corrected chi connectivity index (χ4v) is 3.33. The highest BCUT2D eigenvalue weighted by molar-refractivity contribution is 7.98. The SMILES string of the molecule is CCCNc1nnc(CSc2nc(CCC)cc(=O)[nH]2)s1. The van der Waals surface area contributed by atoms with E-state index < -0.39 is 0 Å². The molecule has 2 aromatic rings. The maximum atomic E-state index is 11.6. The van der Waals surface area contributed by atoms with E-state index in [9.17, 15) is 4.79 Å². The molecular weight excluding hydrogens is 306 g/mol. The van der Waals surface area contributed by atoms with Crippen LogP contribution < -0.4 is 10.9 Å². The van der Waals surface area contributed by atoms with Crippen LogP contribution in [0.15, 0.2) is 16.0 Å². The molecule has 0 radical (unpaired) electrons. The summed E-state index contributed by atoms with van der Waals surface area (Å²) in [5.74, 6) is 0.657. The third-order valence-electron chi connectivity index (χ3n) is 2.60. The molecule has 2 heterocycles. The van der Waals surface area contributed by atoms with Crippen molar-refractivity contribution < 1.29 is 0 Å². The van der Waals surface area contributed by atoms with Gasteiger partial charge >= 0.3 is 0 Å². The molecule has 0 saturated carbocycles. The van der Waals surface area contributed by atoms with Crippen LogP contribution in [0.1, 0.15) is 37.4 Å². The van der Waals surface area contributed by atoms with E-state index in [1.165, 1.54) is 23.1 Å². The van der Waals surface area contributed by atoms with Crippen molar-refractivity contribution in [3.63, 3.8) is 0 Å². The Morgan fingerprint density at radius 2 is 2.19 bits per heavy atom. The Balaban J connectivity index is 1.96. The Labute approximate surface area is 131 Å². The molecule has 0 aromatic carbocycles. The van der Waals surface area contributed by atoms with E-state index in [4.69, 9.17) is 0 Å². The van der Waals surface area contributed by atoms with Gasteiger partial charge in [-0.05, 0) is 12.8 Å². The highest BCUT2D eigenvalue weighted by atomic mass is 32.2. The summed E-state index contributed by atoms with van der Waals surface area (Å²) in [5.41, 5.74) is 0.741. The summed E-state index contributed by atoms with van der Waals surface area (Å²) in [6.45, 7) is 5.08. The van der Waals surface area contributed by atoms with Gasteiger partial charge in [-0.2, -0.15) is 0 Å². The van der Waals surface area contributed by atoms with Crippen LogP contribution in [0.2, 0.25) is 0 Å². The number of nitrogens with one attached hydrogen (secondary N) is 2. The molecule has 0 atom stereocenters. The minimum atomic E-state index is -0.0986. The quantitative estimate of drug-likeness (QED) is 0.573. The largest absolute Gasteiger partial charge is 0.360 e. The maximum Gasteiger partial charge on any atom is 0.251 e. The summed E-state index contributed by atoms with van der Waals surface area (Å²) >= 11 is 3.02. The van der Waals surface area contributed by atoms with E-state index in [1.807, 2.05) is 0 Å². The summed E-state index contributed by atoms with van der Waals surface area (Å²) in [5, 5.41) is 13.8. The molecule has 21 heavy (non-hydrogen) atoms. The average molecular weight is 325 g/mol. The topological polar surface area (TPSA) is 83.6 Å². The zero-order chi connectivity index (χ0) is 15.1. The van der Waals surface area contributed by atoms with Crippen LogP contribution in [-0.4, -0.2) is 26.7 Å². The Hall–Kier alpha value is -1.41. The van der Waals surface area contributed by atoms with Crippen LogP contribution in [0.25, 0.3) is 0 Å². The minimum absolute atomic E-state index is 0.0986. The molecule has 0 bridgehead atoms. The van der Waals surface area contributed by atoms with Crippen molar-refractivity contribution in [1.82, 2.24) is 20.2 Å². The van der Waals surface area contributed by atoms with E-state index in [1.54, 1.807) is 6.07 Å². The molecule has 6 nitrogen and oxygen atoms in total. The van der Waals surface area contributed by atoms with Gasteiger partial charge in [0.1, 0.15) is 5.01 Å². The molecule has 0 fully saturated rings. The van der Waals surface area contributed by atoms with E-state index in [2.05, 4.69) is 39.3 Å². The van der Waals surface area contributed by atoms with Crippen LogP contribution in [0.4, 0.5) is 5.13 Å². The number of anilines is 1. The highest BCUT2D eigenvalue weighted by Crippen LogP contribution is 2.23. The number of aromatic amines is 1. The lowest BCUT2D eigenvalue weighted by molar-refractivity contribution is 0.815. The number of nitrogens with zero attached hydrogens (tertiary/aromatic N) is 3. The lowest BCUT2D eigenvalue weighted by Gasteiger charge is -2.01. The van der Waals surface area contributed by atoms with Crippen LogP contribution in [0.5, 0.6) is 0 Å². The van der Waals surface area contributed by atoms with Gasteiger partial charge in [-0.25, -0.2) is 4.98 Å². The van der Waals surface area contributed by atoms with Gasteiger partial charge in [-0.15, -0.1) is 10.2 Å². The molecular formula is C13H19N5OS2. The van der Waals surface area contributed by atoms with Gasteiger partial charge in [-0.1, -0.05) is 43.4 Å². The predicted molar refractivity (Wildman–Crippen MR) is 87.1 cm³/mol. The van der Waals surface area contributed by atoms with Crippen molar-refractivity contribution in [3.05, 3.63) is 27.1 Å². The van der Waals surface area contributed by atoms with E-state index in [-0.39, 0.29) is 5.56 Å². The molecule has 2 aromatic heterocycles. The Kier molecular flexibility index (Phi) is 6.19. The van der Waals surface area contributed by atoms with Crippen LogP contribution in [0, 0.1) is 0 Å². The zero-order valence-corrected chi connectivity index (χ0v) is 13.8. The molecule has 0 spiro atoms. The normalized spacial score (nSPS) is 10.8. The van der Waals surface area contributed by atoms with Crippen LogP contribution >= 0.6 is 23.1 Å². The highest BCUT2D eigenvalue weighted by Gasteiger charge is 2.07. The lowest BCUT2D eigenvalue weighted by atomic mass is 10.2. The number of aromatic nitrogens is 4. The van der Waals surface area contributed by atoms with Crippen molar-refractivity contribution in [3.8, 4) is 0 Å². The second-order valence-electron chi connectivity index (χ2n) is 4.51. The second-order valence-corrected chi connectivity index (χ2v) is 6.53. The number of hydrogen-bond donors (Lipinski definition) is 2. The number of aryl methyl sites for hydroxylation is 1.